The van der Waals surface area contributed by atoms with Gasteiger partial charge in [0.15, 0.2) is 0 Å². The minimum Gasteiger partial charge on any atom is -0.444 e. The van der Waals surface area contributed by atoms with Crippen LogP contribution in [0, 0.1) is 0 Å². The molecule has 0 fully saturated rings. The van der Waals surface area contributed by atoms with E-state index < -0.39 is 11.7 Å². The van der Waals surface area contributed by atoms with Crippen molar-refractivity contribution in [1.29, 1.82) is 0 Å². The molecule has 2 rings (SSSR count). The molecule has 17 heavy (non-hydrogen) atoms. The van der Waals surface area contributed by atoms with E-state index in [9.17, 15) is 4.79 Å². The Morgan fingerprint density at radius 2 is 2.18 bits per heavy atom. The van der Waals surface area contributed by atoms with E-state index in [2.05, 4.69) is 10.3 Å². The summed E-state index contributed by atoms with van der Waals surface area (Å²) in [6.45, 7) is 5.48. The molecule has 0 radical (unpaired) electrons. The number of fused-ring (bicyclic) bond motifs is 1. The van der Waals surface area contributed by atoms with Crippen molar-refractivity contribution in [3.8, 4) is 0 Å². The van der Waals surface area contributed by atoms with Gasteiger partial charge in [0, 0.05) is 6.20 Å². The van der Waals surface area contributed by atoms with Crippen molar-refractivity contribution >= 4 is 17.3 Å². The van der Waals surface area contributed by atoms with Gasteiger partial charge in [-0.3, -0.25) is 5.32 Å². The zero-order valence-corrected chi connectivity index (χ0v) is 10.1. The summed E-state index contributed by atoms with van der Waals surface area (Å²) in [5, 5.41) is 2.67. The fourth-order valence-corrected chi connectivity index (χ4v) is 1.42. The first-order valence-corrected chi connectivity index (χ1v) is 5.36. The Balaban J connectivity index is 2.10. The number of ether oxygens (including phenoxy) is 1. The minimum absolute atomic E-state index is 0.461. The lowest BCUT2D eigenvalue weighted by molar-refractivity contribution is 0.0636. The molecule has 0 saturated carbocycles. The third kappa shape index (κ3) is 2.96. The predicted octanol–water partition coefficient (Wildman–Crippen LogP) is 2.68. The second-order valence-electron chi connectivity index (χ2n) is 4.77. The van der Waals surface area contributed by atoms with Gasteiger partial charge in [-0.1, -0.05) is 0 Å². The molecule has 1 amide bonds. The molecule has 0 aliphatic rings. The SMILES string of the molecule is CC(C)(C)OC(=O)Nc1ccc2cncn2c1. The molecule has 0 atom stereocenters. The van der Waals surface area contributed by atoms with E-state index in [0.29, 0.717) is 5.69 Å². The highest BCUT2D eigenvalue weighted by molar-refractivity contribution is 5.84. The summed E-state index contributed by atoms with van der Waals surface area (Å²) in [5.74, 6) is 0. The van der Waals surface area contributed by atoms with E-state index in [-0.39, 0.29) is 0 Å². The molecule has 2 aromatic rings. The van der Waals surface area contributed by atoms with E-state index in [1.165, 1.54) is 0 Å². The largest absolute Gasteiger partial charge is 0.444 e. The van der Waals surface area contributed by atoms with E-state index in [1.54, 1.807) is 24.8 Å². The standard InChI is InChI=1S/C12H15N3O2/c1-12(2,3)17-11(16)14-9-4-5-10-6-13-8-15(10)7-9/h4-8H,1-3H3,(H,14,16). The lowest BCUT2D eigenvalue weighted by Crippen LogP contribution is -2.27. The van der Waals surface area contributed by atoms with Crippen LogP contribution in [-0.2, 0) is 4.74 Å². The van der Waals surface area contributed by atoms with Crippen LogP contribution >= 0.6 is 0 Å². The smallest absolute Gasteiger partial charge is 0.412 e. The van der Waals surface area contributed by atoms with Gasteiger partial charge in [0.1, 0.15) is 5.60 Å². The van der Waals surface area contributed by atoms with Gasteiger partial charge in [-0.2, -0.15) is 0 Å². The first-order chi connectivity index (χ1) is 7.94. The van der Waals surface area contributed by atoms with E-state index in [0.717, 1.165) is 5.52 Å². The molecule has 1 N–H and O–H groups in total. The van der Waals surface area contributed by atoms with Crippen LogP contribution in [0.15, 0.2) is 30.9 Å². The Bertz CT molecular complexity index is 540. The monoisotopic (exact) mass is 233 g/mol. The lowest BCUT2D eigenvalue weighted by Gasteiger charge is -2.19. The molecule has 2 heterocycles. The molecule has 0 bridgehead atoms. The Labute approximate surface area is 99.4 Å². The summed E-state index contributed by atoms with van der Waals surface area (Å²) in [4.78, 5) is 15.5. The predicted molar refractivity (Wildman–Crippen MR) is 65.0 cm³/mol. The second kappa shape index (κ2) is 4.08. The molecule has 5 nitrogen and oxygen atoms in total. The summed E-state index contributed by atoms with van der Waals surface area (Å²) >= 11 is 0. The Hall–Kier alpha value is -2.04. The van der Waals surface area contributed by atoms with Crippen LogP contribution in [0.4, 0.5) is 10.5 Å². The Morgan fingerprint density at radius 3 is 2.88 bits per heavy atom. The van der Waals surface area contributed by atoms with Gasteiger partial charge in [0.25, 0.3) is 0 Å². The first-order valence-electron chi connectivity index (χ1n) is 5.36. The third-order valence-corrected chi connectivity index (χ3v) is 2.05. The maximum atomic E-state index is 11.5. The van der Waals surface area contributed by atoms with Gasteiger partial charge < -0.3 is 9.14 Å². The molecule has 0 aliphatic heterocycles. The van der Waals surface area contributed by atoms with Crippen molar-refractivity contribution in [1.82, 2.24) is 9.38 Å². The van der Waals surface area contributed by atoms with Crippen LogP contribution in [0.5, 0.6) is 0 Å². The molecule has 0 unspecified atom stereocenters. The molecule has 0 aliphatic carbocycles. The van der Waals surface area contributed by atoms with Gasteiger partial charge in [-0.25, -0.2) is 9.78 Å². The number of aromatic nitrogens is 2. The van der Waals surface area contributed by atoms with Crippen LogP contribution in [-0.4, -0.2) is 21.1 Å². The average Bonchev–Trinajstić information content (AvgIpc) is 2.61. The molecular formula is C12H15N3O2. The fraction of sp³-hybridized carbons (Fsp3) is 0.333. The van der Waals surface area contributed by atoms with Crippen molar-refractivity contribution in [3.05, 3.63) is 30.9 Å². The molecule has 0 aromatic carbocycles. The summed E-state index contributed by atoms with van der Waals surface area (Å²) in [7, 11) is 0. The van der Waals surface area contributed by atoms with Crippen molar-refractivity contribution in [2.45, 2.75) is 26.4 Å². The van der Waals surface area contributed by atoms with Crippen molar-refractivity contribution in [3.63, 3.8) is 0 Å². The van der Waals surface area contributed by atoms with E-state index in [4.69, 9.17) is 4.74 Å². The molecule has 2 aromatic heterocycles. The van der Waals surface area contributed by atoms with Crippen LogP contribution in [0.2, 0.25) is 0 Å². The molecule has 5 heteroatoms. The second-order valence-corrected chi connectivity index (χ2v) is 4.77. The zero-order valence-electron chi connectivity index (χ0n) is 10.1. The number of imidazole rings is 1. The number of carbonyl (C=O) groups is 1. The lowest BCUT2D eigenvalue weighted by atomic mass is 10.2. The summed E-state index contributed by atoms with van der Waals surface area (Å²) in [6.07, 6.45) is 4.75. The Morgan fingerprint density at radius 1 is 1.41 bits per heavy atom. The number of amides is 1. The summed E-state index contributed by atoms with van der Waals surface area (Å²) < 4.78 is 6.99. The van der Waals surface area contributed by atoms with Gasteiger partial charge in [-0.15, -0.1) is 0 Å². The highest BCUT2D eigenvalue weighted by Gasteiger charge is 2.16. The minimum atomic E-state index is -0.497. The highest BCUT2D eigenvalue weighted by Crippen LogP contribution is 2.13. The van der Waals surface area contributed by atoms with E-state index in [1.807, 2.05) is 31.2 Å². The van der Waals surface area contributed by atoms with Crippen molar-refractivity contribution < 1.29 is 9.53 Å². The molecule has 0 saturated heterocycles. The van der Waals surface area contributed by atoms with E-state index >= 15 is 0 Å². The highest BCUT2D eigenvalue weighted by atomic mass is 16.6. The Kier molecular flexibility index (Phi) is 2.75. The number of hydrogen-bond donors (Lipinski definition) is 1. The topological polar surface area (TPSA) is 55.6 Å². The van der Waals surface area contributed by atoms with Gasteiger partial charge in [0.05, 0.1) is 23.7 Å². The molecule has 0 spiro atoms. The summed E-state index contributed by atoms with van der Waals surface area (Å²) in [5.41, 5.74) is 1.15. The van der Waals surface area contributed by atoms with Crippen LogP contribution < -0.4 is 5.32 Å². The number of nitrogens with zero attached hydrogens (tertiary/aromatic N) is 2. The van der Waals surface area contributed by atoms with Crippen LogP contribution in [0.25, 0.3) is 5.52 Å². The molecular weight excluding hydrogens is 218 g/mol. The maximum Gasteiger partial charge on any atom is 0.412 e. The van der Waals surface area contributed by atoms with Gasteiger partial charge in [-0.05, 0) is 32.9 Å². The fourth-order valence-electron chi connectivity index (χ4n) is 1.42. The number of anilines is 1. The number of nitrogens with one attached hydrogen (secondary N) is 1. The van der Waals surface area contributed by atoms with Crippen molar-refractivity contribution in [2.75, 3.05) is 5.32 Å². The van der Waals surface area contributed by atoms with Crippen LogP contribution in [0.3, 0.4) is 0 Å². The van der Waals surface area contributed by atoms with Gasteiger partial charge in [0.2, 0.25) is 0 Å². The summed E-state index contributed by atoms with van der Waals surface area (Å²) in [6, 6.07) is 3.68. The van der Waals surface area contributed by atoms with Gasteiger partial charge >= 0.3 is 6.09 Å². The molecule has 90 valence electrons. The van der Waals surface area contributed by atoms with Crippen molar-refractivity contribution in [2.24, 2.45) is 0 Å². The normalized spacial score (nSPS) is 11.5. The average molecular weight is 233 g/mol. The number of carbonyl (C=O) groups excluding carboxylic acids is 1. The third-order valence-electron chi connectivity index (χ3n) is 2.05. The first kappa shape index (κ1) is 11.4. The zero-order chi connectivity index (χ0) is 12.5. The quantitative estimate of drug-likeness (QED) is 0.823. The van der Waals surface area contributed by atoms with Crippen LogP contribution in [0.1, 0.15) is 20.8 Å². The number of hydrogen-bond acceptors (Lipinski definition) is 3. The number of rotatable bonds is 1. The number of pyridine rings is 1. The maximum absolute atomic E-state index is 11.5.